The van der Waals surface area contributed by atoms with E-state index >= 15 is 0 Å². The molecule has 0 aromatic rings. The highest BCUT2D eigenvalue weighted by molar-refractivity contribution is 7.51. The van der Waals surface area contributed by atoms with Crippen LogP contribution in [0.4, 0.5) is 0 Å². The minimum absolute atomic E-state index is 0.508. The molecule has 0 unspecified atom stereocenters. The molecular weight excluding hydrogens is 611 g/mol. The van der Waals surface area contributed by atoms with Gasteiger partial charge in [0.15, 0.2) is 0 Å². The van der Waals surface area contributed by atoms with Crippen LogP contribution in [-0.4, -0.2) is 51.9 Å². The zero-order chi connectivity index (χ0) is 35.3. The lowest BCUT2D eigenvalue weighted by Gasteiger charge is -2.24. The number of rotatable bonds is 39. The van der Waals surface area contributed by atoms with Crippen LogP contribution in [0.15, 0.2) is 24.3 Å². The second kappa shape index (κ2) is 36.3. The quantitative estimate of drug-likeness (QED) is 0.0301. The molecule has 1 N–H and O–H groups in total. The fourth-order valence-electron chi connectivity index (χ4n) is 5.97. The van der Waals surface area contributed by atoms with E-state index in [1.54, 1.807) is 0 Å². The average molecular weight is 698 g/mol. The van der Waals surface area contributed by atoms with Gasteiger partial charge in [0.25, 0.3) is 0 Å². The molecule has 0 heterocycles. The molecule has 6 heteroatoms. The predicted octanol–water partition coefficient (Wildman–Crippen LogP) is 13.9. The van der Waals surface area contributed by atoms with Crippen molar-refractivity contribution in [1.82, 2.24) is 5.09 Å². The zero-order valence-corrected chi connectivity index (χ0v) is 34.2. The van der Waals surface area contributed by atoms with Gasteiger partial charge in [0, 0.05) is 13.0 Å². The van der Waals surface area contributed by atoms with E-state index < -0.39 is 7.75 Å². The van der Waals surface area contributed by atoms with E-state index in [0.717, 1.165) is 43.1 Å². The third kappa shape index (κ3) is 38.4. The second-order valence-corrected chi connectivity index (χ2v) is 17.1. The Morgan fingerprint density at radius 2 is 0.771 bits per heavy atom. The number of allylic oxidation sites excluding steroid dienone is 4. The molecule has 286 valence electrons. The molecule has 0 bridgehead atoms. The van der Waals surface area contributed by atoms with Crippen molar-refractivity contribution in [2.24, 2.45) is 0 Å². The molecule has 0 radical (unpaired) electrons. The van der Waals surface area contributed by atoms with Gasteiger partial charge in [0.1, 0.15) is 0 Å². The molecule has 0 spiro atoms. The largest absolute Gasteiger partial charge is 0.405 e. The van der Waals surface area contributed by atoms with E-state index in [9.17, 15) is 4.57 Å². The van der Waals surface area contributed by atoms with Gasteiger partial charge in [-0.05, 0) is 64.2 Å². The van der Waals surface area contributed by atoms with Crippen LogP contribution in [0.5, 0.6) is 0 Å². The summed E-state index contributed by atoms with van der Waals surface area (Å²) in [6.45, 7) is 7.26. The van der Waals surface area contributed by atoms with Crippen molar-refractivity contribution in [3.05, 3.63) is 24.3 Å². The van der Waals surface area contributed by atoms with E-state index in [0.29, 0.717) is 19.8 Å². The van der Waals surface area contributed by atoms with Crippen molar-refractivity contribution in [2.75, 3.05) is 47.4 Å². The number of hydrogen-bond acceptors (Lipinski definition) is 3. The van der Waals surface area contributed by atoms with Crippen LogP contribution < -0.4 is 5.09 Å². The molecular formula is C42H86N2O3P+. The first-order valence-corrected chi connectivity index (χ1v) is 22.6. The minimum Gasteiger partial charge on any atom is -0.331 e. The summed E-state index contributed by atoms with van der Waals surface area (Å²) in [4.78, 5) is 0. The molecule has 0 saturated heterocycles. The van der Waals surface area contributed by atoms with Crippen LogP contribution in [0.1, 0.15) is 200 Å². The summed E-state index contributed by atoms with van der Waals surface area (Å²) in [5.41, 5.74) is 0. The van der Waals surface area contributed by atoms with Crippen molar-refractivity contribution in [1.29, 1.82) is 0 Å². The number of nitrogens with one attached hydrogen (secondary N) is 1. The first-order chi connectivity index (χ1) is 23.3. The van der Waals surface area contributed by atoms with Gasteiger partial charge in [-0.2, -0.15) is 0 Å². The van der Waals surface area contributed by atoms with Crippen molar-refractivity contribution in [2.45, 2.75) is 200 Å². The van der Waals surface area contributed by atoms with Crippen molar-refractivity contribution >= 4 is 7.75 Å². The maximum atomic E-state index is 13.5. The molecule has 0 rings (SSSR count). The number of hydrogen-bond donors (Lipinski definition) is 1. The van der Waals surface area contributed by atoms with Gasteiger partial charge in [-0.25, -0.2) is 9.65 Å². The molecule has 0 saturated carbocycles. The van der Waals surface area contributed by atoms with Crippen molar-refractivity contribution < 1.29 is 18.1 Å². The Morgan fingerprint density at radius 3 is 1.10 bits per heavy atom. The lowest BCUT2D eigenvalue weighted by atomic mass is 10.1. The highest BCUT2D eigenvalue weighted by Crippen LogP contribution is 2.44. The molecule has 5 nitrogen and oxygen atoms in total. The minimum atomic E-state index is -3.25. The van der Waals surface area contributed by atoms with Gasteiger partial charge >= 0.3 is 7.75 Å². The molecule has 48 heavy (non-hydrogen) atoms. The van der Waals surface area contributed by atoms with Crippen LogP contribution in [0.3, 0.4) is 0 Å². The monoisotopic (exact) mass is 698 g/mol. The van der Waals surface area contributed by atoms with Crippen LogP contribution in [0, 0.1) is 0 Å². The number of nitrogens with zero attached hydrogens (tertiary/aromatic N) is 1. The Morgan fingerprint density at radius 1 is 0.458 bits per heavy atom. The van der Waals surface area contributed by atoms with Crippen molar-refractivity contribution in [3.8, 4) is 0 Å². The van der Waals surface area contributed by atoms with E-state index in [1.165, 1.54) is 154 Å². The summed E-state index contributed by atoms with van der Waals surface area (Å²) in [6.07, 6.45) is 46.4. The summed E-state index contributed by atoms with van der Waals surface area (Å²) >= 11 is 0. The lowest BCUT2D eigenvalue weighted by molar-refractivity contribution is -0.870. The SMILES string of the molecule is CCCCCCCC/C=C\CCCCCCCCOP(=O)(NCCC[N+](C)(C)C)OCCCCCCCC/C=C\CCCCCCCC. The Kier molecular flexibility index (Phi) is 36.0. The highest BCUT2D eigenvalue weighted by Gasteiger charge is 2.24. The van der Waals surface area contributed by atoms with Gasteiger partial charge in [-0.15, -0.1) is 0 Å². The summed E-state index contributed by atoms with van der Waals surface area (Å²) in [5.74, 6) is 0. The summed E-state index contributed by atoms with van der Waals surface area (Å²) in [6, 6.07) is 0. The van der Waals surface area contributed by atoms with E-state index in [4.69, 9.17) is 9.05 Å². The Labute approximate surface area is 302 Å². The van der Waals surface area contributed by atoms with E-state index in [-0.39, 0.29) is 0 Å². The average Bonchev–Trinajstić information content (AvgIpc) is 3.05. The second-order valence-electron chi connectivity index (χ2n) is 15.3. The number of unbranched alkanes of at least 4 members (excludes halogenated alkanes) is 24. The summed E-state index contributed by atoms with van der Waals surface area (Å²) < 4.78 is 26.2. The Hall–Kier alpha value is -0.450. The molecule has 0 aromatic carbocycles. The van der Waals surface area contributed by atoms with Gasteiger partial charge in [0.2, 0.25) is 0 Å². The molecule has 0 aliphatic rings. The maximum Gasteiger partial charge on any atom is 0.405 e. The predicted molar refractivity (Wildman–Crippen MR) is 214 cm³/mol. The molecule has 0 aliphatic heterocycles. The smallest absolute Gasteiger partial charge is 0.331 e. The topological polar surface area (TPSA) is 47.6 Å². The van der Waals surface area contributed by atoms with Gasteiger partial charge < -0.3 is 4.48 Å². The molecule has 0 aliphatic carbocycles. The maximum absolute atomic E-state index is 13.5. The standard InChI is InChI=1S/C42H86N2O3P/c1-6-8-10-12-14-16-18-20-22-24-26-28-30-32-34-36-41-46-48(45,43-39-38-40-44(3,4)5)47-42-37-35-33-31-29-27-25-23-21-19-17-15-13-11-9-7-2/h20-23H,6-19,24-42H2,1-5H3,(H,43,45)/q+1/b22-20-,23-21-. The van der Waals surface area contributed by atoms with E-state index in [1.807, 2.05) is 0 Å². The molecule has 0 atom stereocenters. The fraction of sp³-hybridized carbons (Fsp3) is 0.905. The fourth-order valence-corrected chi connectivity index (χ4v) is 7.39. The van der Waals surface area contributed by atoms with Crippen LogP contribution >= 0.6 is 7.75 Å². The first-order valence-electron chi connectivity index (χ1n) is 21.1. The molecule has 0 amide bonds. The first kappa shape index (κ1) is 47.5. The number of quaternary nitrogens is 1. The summed E-state index contributed by atoms with van der Waals surface area (Å²) in [7, 11) is 3.31. The third-order valence-electron chi connectivity index (χ3n) is 9.15. The van der Waals surface area contributed by atoms with Crippen LogP contribution in [0.2, 0.25) is 0 Å². The highest BCUT2D eigenvalue weighted by atomic mass is 31.2. The van der Waals surface area contributed by atoms with Gasteiger partial charge in [-0.3, -0.25) is 9.05 Å². The Bertz CT molecular complexity index is 702. The lowest BCUT2D eigenvalue weighted by Crippen LogP contribution is -2.36. The summed E-state index contributed by atoms with van der Waals surface area (Å²) in [5, 5.41) is 3.17. The molecule has 0 fully saturated rings. The third-order valence-corrected chi connectivity index (χ3v) is 10.8. The normalized spacial score (nSPS) is 12.7. The molecule has 0 aromatic heterocycles. The zero-order valence-electron chi connectivity index (χ0n) is 33.3. The van der Waals surface area contributed by atoms with E-state index in [2.05, 4.69) is 64.4 Å². The van der Waals surface area contributed by atoms with Gasteiger partial charge in [-0.1, -0.05) is 154 Å². The van der Waals surface area contributed by atoms with Crippen LogP contribution in [0.25, 0.3) is 0 Å². The van der Waals surface area contributed by atoms with Crippen molar-refractivity contribution in [3.63, 3.8) is 0 Å². The van der Waals surface area contributed by atoms with Crippen LogP contribution in [-0.2, 0) is 13.6 Å². The Balaban J connectivity index is 3.97. The van der Waals surface area contributed by atoms with Gasteiger partial charge in [0.05, 0.1) is 40.9 Å².